The van der Waals surface area contributed by atoms with Crippen LogP contribution in [-0.2, 0) is 13.6 Å². The average Bonchev–Trinajstić information content (AvgIpc) is 3.39. The molecule has 0 radical (unpaired) electrons. The maximum Gasteiger partial charge on any atom is 0.259 e. The Morgan fingerprint density at radius 2 is 1.91 bits per heavy atom. The Kier molecular flexibility index (Phi) is 6.01. The van der Waals surface area contributed by atoms with Gasteiger partial charge >= 0.3 is 0 Å². The number of likely N-dealkylation sites (tertiary alicyclic amines) is 2. The van der Waals surface area contributed by atoms with Crippen LogP contribution in [0, 0.1) is 12.3 Å². The summed E-state index contributed by atoms with van der Waals surface area (Å²) in [6, 6.07) is 12.4. The van der Waals surface area contributed by atoms with Gasteiger partial charge < -0.3 is 9.42 Å². The molecule has 1 aromatic carbocycles. The third kappa shape index (κ3) is 4.44. The quantitative estimate of drug-likeness (QED) is 0.562. The highest BCUT2D eigenvalue weighted by Crippen LogP contribution is 2.41. The van der Waals surface area contributed by atoms with Crippen molar-refractivity contribution in [3.05, 3.63) is 58.4 Å². The Balaban J connectivity index is 1.30. The molecule has 2 aliphatic heterocycles. The molecule has 33 heavy (non-hydrogen) atoms. The number of hydrogen-bond donors (Lipinski definition) is 0. The lowest BCUT2D eigenvalue weighted by molar-refractivity contribution is 0.0198. The van der Waals surface area contributed by atoms with Gasteiger partial charge in [0.25, 0.3) is 5.91 Å². The lowest BCUT2D eigenvalue weighted by Crippen LogP contribution is -2.51. The molecule has 2 aromatic heterocycles. The number of hydrogen-bond acceptors (Lipinski definition) is 5. The van der Waals surface area contributed by atoms with E-state index >= 15 is 0 Å². The summed E-state index contributed by atoms with van der Waals surface area (Å²) in [5, 5.41) is 8.88. The molecule has 2 fully saturated rings. The Morgan fingerprint density at radius 3 is 2.61 bits per heavy atom. The van der Waals surface area contributed by atoms with Crippen molar-refractivity contribution in [2.45, 2.75) is 39.2 Å². The zero-order valence-electron chi connectivity index (χ0n) is 19.3. The zero-order chi connectivity index (χ0) is 23.0. The first-order valence-corrected chi connectivity index (χ1v) is 12.0. The summed E-state index contributed by atoms with van der Waals surface area (Å²) in [7, 11) is 1.75. The summed E-state index contributed by atoms with van der Waals surface area (Å²) in [6.07, 6.45) is 4.41. The maximum absolute atomic E-state index is 13.7. The van der Waals surface area contributed by atoms with Crippen molar-refractivity contribution in [1.29, 1.82) is 0 Å². The number of piperidine rings is 2. The van der Waals surface area contributed by atoms with Gasteiger partial charge in [0.15, 0.2) is 0 Å². The van der Waals surface area contributed by atoms with E-state index in [0.29, 0.717) is 27.9 Å². The van der Waals surface area contributed by atoms with E-state index in [1.54, 1.807) is 13.1 Å². The van der Waals surface area contributed by atoms with E-state index < -0.39 is 0 Å². The molecule has 0 saturated carbocycles. The van der Waals surface area contributed by atoms with Crippen molar-refractivity contribution >= 4 is 17.5 Å². The smallest absolute Gasteiger partial charge is 0.259 e. The van der Waals surface area contributed by atoms with Gasteiger partial charge in [-0.05, 0) is 56.7 Å². The number of aromatic nitrogens is 3. The molecule has 0 N–H and O–H groups in total. The number of halogens is 1. The first kappa shape index (κ1) is 22.2. The van der Waals surface area contributed by atoms with Crippen LogP contribution in [0.15, 0.2) is 40.9 Å². The number of benzene rings is 1. The first-order chi connectivity index (χ1) is 15.9. The van der Waals surface area contributed by atoms with E-state index in [1.165, 1.54) is 16.7 Å². The third-order valence-electron chi connectivity index (χ3n) is 7.18. The second kappa shape index (κ2) is 8.95. The largest absolute Gasteiger partial charge is 0.361 e. The van der Waals surface area contributed by atoms with Gasteiger partial charge in [-0.25, -0.2) is 0 Å². The Labute approximate surface area is 199 Å². The fraction of sp³-hybridized carbons (Fsp3) is 0.480. The molecule has 0 unspecified atom stereocenters. The van der Waals surface area contributed by atoms with E-state index in [9.17, 15) is 4.79 Å². The molecular formula is C25H30ClN5O2. The fourth-order valence-electron chi connectivity index (χ4n) is 5.32. The zero-order valence-corrected chi connectivity index (χ0v) is 20.0. The third-order valence-corrected chi connectivity index (χ3v) is 7.61. The van der Waals surface area contributed by atoms with Crippen LogP contribution in [-0.4, -0.2) is 56.8 Å². The monoisotopic (exact) mass is 467 g/mol. The summed E-state index contributed by atoms with van der Waals surface area (Å²) in [4.78, 5) is 18.2. The van der Waals surface area contributed by atoms with E-state index in [-0.39, 0.29) is 11.3 Å². The predicted octanol–water partition coefficient (Wildman–Crippen LogP) is 4.56. The number of rotatable bonds is 4. The topological polar surface area (TPSA) is 67.4 Å². The Hall–Kier alpha value is -2.64. The van der Waals surface area contributed by atoms with Crippen LogP contribution in [0.1, 0.15) is 47.4 Å². The number of aryl methyl sites for hydroxylation is 2. The molecule has 3 aromatic rings. The van der Waals surface area contributed by atoms with Crippen LogP contribution in [0.4, 0.5) is 0 Å². The minimum absolute atomic E-state index is 0.0606. The van der Waals surface area contributed by atoms with Crippen molar-refractivity contribution in [2.75, 3.05) is 26.2 Å². The van der Waals surface area contributed by atoms with Crippen LogP contribution in [0.2, 0.25) is 5.15 Å². The Morgan fingerprint density at radius 1 is 1.15 bits per heavy atom. The minimum atomic E-state index is -0.0606. The van der Waals surface area contributed by atoms with Crippen molar-refractivity contribution in [1.82, 2.24) is 24.7 Å². The van der Waals surface area contributed by atoms with Gasteiger partial charge in [0.05, 0.1) is 0 Å². The van der Waals surface area contributed by atoms with Gasteiger partial charge in [0, 0.05) is 32.7 Å². The molecule has 0 atom stereocenters. The number of nitrogens with zero attached hydrogens (tertiary/aromatic N) is 5. The van der Waals surface area contributed by atoms with Crippen LogP contribution in [0.25, 0.3) is 11.4 Å². The van der Waals surface area contributed by atoms with Crippen LogP contribution < -0.4 is 0 Å². The molecule has 8 heteroatoms. The fourth-order valence-corrected chi connectivity index (χ4v) is 5.53. The highest BCUT2D eigenvalue weighted by Gasteiger charge is 2.41. The molecule has 2 saturated heterocycles. The molecule has 2 aliphatic rings. The van der Waals surface area contributed by atoms with Crippen LogP contribution in [0.3, 0.4) is 0 Å². The van der Waals surface area contributed by atoms with Gasteiger partial charge in [0.2, 0.25) is 0 Å². The molecule has 1 amide bonds. The summed E-state index contributed by atoms with van der Waals surface area (Å²) < 4.78 is 6.76. The van der Waals surface area contributed by atoms with Gasteiger partial charge in [0.1, 0.15) is 27.9 Å². The highest BCUT2D eigenvalue weighted by molar-refractivity contribution is 6.33. The van der Waals surface area contributed by atoms with Crippen molar-refractivity contribution in [3.8, 4) is 11.4 Å². The molecular weight excluding hydrogens is 438 g/mol. The van der Waals surface area contributed by atoms with Crippen molar-refractivity contribution in [2.24, 2.45) is 12.5 Å². The first-order valence-electron chi connectivity index (χ1n) is 11.7. The Bertz CT molecular complexity index is 1130. The standard InChI is InChI=1S/C25H30ClN5O2/c1-18-15-20(28-33-18)22-21(23(26)29(2)27-22)24(32)31-12-6-9-25(17-31)10-13-30(14-11-25)16-19-7-4-3-5-8-19/h3-5,7-8,15H,6,9-14,16-17H2,1-2H3. The van der Waals surface area contributed by atoms with Gasteiger partial charge in [-0.2, -0.15) is 5.10 Å². The molecule has 4 heterocycles. The number of carbonyl (C=O) groups excluding carboxylic acids is 1. The summed E-state index contributed by atoms with van der Waals surface area (Å²) in [5.74, 6) is 0.610. The second-order valence-corrected chi connectivity index (χ2v) is 9.91. The maximum atomic E-state index is 13.7. The predicted molar refractivity (Wildman–Crippen MR) is 127 cm³/mol. The summed E-state index contributed by atoms with van der Waals surface area (Å²) in [5.41, 5.74) is 2.99. The average molecular weight is 468 g/mol. The van der Waals surface area contributed by atoms with E-state index in [2.05, 4.69) is 45.5 Å². The van der Waals surface area contributed by atoms with Crippen LogP contribution in [0.5, 0.6) is 0 Å². The SMILES string of the molecule is Cc1cc(-c2nn(C)c(Cl)c2C(=O)N2CCCC3(CCN(Cc4ccccc4)CC3)C2)no1. The molecule has 1 spiro atoms. The van der Waals surface area contributed by atoms with Gasteiger partial charge in [-0.1, -0.05) is 47.1 Å². The van der Waals surface area contributed by atoms with E-state index in [0.717, 1.165) is 52.0 Å². The van der Waals surface area contributed by atoms with Gasteiger partial charge in [-0.3, -0.25) is 14.4 Å². The normalized spacial score (nSPS) is 18.7. The van der Waals surface area contributed by atoms with Crippen LogP contribution >= 0.6 is 11.6 Å². The highest BCUT2D eigenvalue weighted by atomic mass is 35.5. The minimum Gasteiger partial charge on any atom is -0.361 e. The number of carbonyl (C=O) groups is 1. The lowest BCUT2D eigenvalue weighted by atomic mass is 9.72. The van der Waals surface area contributed by atoms with Gasteiger partial charge in [-0.15, -0.1) is 0 Å². The number of amides is 1. The summed E-state index contributed by atoms with van der Waals surface area (Å²) in [6.45, 7) is 6.46. The molecule has 0 bridgehead atoms. The van der Waals surface area contributed by atoms with E-state index in [1.807, 2.05) is 11.8 Å². The molecule has 7 nitrogen and oxygen atoms in total. The molecule has 0 aliphatic carbocycles. The molecule has 174 valence electrons. The summed E-state index contributed by atoms with van der Waals surface area (Å²) >= 11 is 6.55. The molecule has 5 rings (SSSR count). The van der Waals surface area contributed by atoms with Crippen molar-refractivity contribution < 1.29 is 9.32 Å². The van der Waals surface area contributed by atoms with Crippen molar-refractivity contribution in [3.63, 3.8) is 0 Å². The second-order valence-electron chi connectivity index (χ2n) is 9.55. The van der Waals surface area contributed by atoms with E-state index in [4.69, 9.17) is 16.1 Å². The lowest BCUT2D eigenvalue weighted by Gasteiger charge is -2.47.